The standard InChI is InChI=1S/C15H22N4OS/c1-2-4-14-18-15-11(17)7-9-19(20-10-8-16)12(15)5-3-6-13(15)21-14/h3,5-7,9,11-12H,2,4,8,10,16-17H2,1H3. The van der Waals surface area contributed by atoms with Crippen molar-refractivity contribution in [2.75, 3.05) is 13.2 Å². The van der Waals surface area contributed by atoms with Gasteiger partial charge in [0.1, 0.15) is 11.6 Å². The minimum absolute atomic E-state index is 0.00842. The first-order valence-corrected chi connectivity index (χ1v) is 8.24. The van der Waals surface area contributed by atoms with E-state index >= 15 is 0 Å². The fourth-order valence-electron chi connectivity index (χ4n) is 3.00. The second kappa shape index (κ2) is 5.96. The summed E-state index contributed by atoms with van der Waals surface area (Å²) in [6.07, 6.45) is 12.3. The number of hydroxylamine groups is 2. The van der Waals surface area contributed by atoms with E-state index in [0.29, 0.717) is 13.2 Å². The maximum Gasteiger partial charge on any atom is 0.138 e. The molecule has 0 aromatic heterocycles. The Balaban J connectivity index is 1.96. The molecular formula is C15H22N4OS. The molecule has 2 aliphatic heterocycles. The zero-order valence-electron chi connectivity index (χ0n) is 12.2. The lowest BCUT2D eigenvalue weighted by Crippen LogP contribution is -2.61. The lowest BCUT2D eigenvalue weighted by molar-refractivity contribution is -0.151. The largest absolute Gasteiger partial charge is 0.328 e. The number of nitrogens with two attached hydrogens (primary N) is 2. The summed E-state index contributed by atoms with van der Waals surface area (Å²) in [5, 5.41) is 3.01. The molecule has 3 aliphatic rings. The normalized spacial score (nSPS) is 33.6. The minimum atomic E-state index is -0.437. The summed E-state index contributed by atoms with van der Waals surface area (Å²) in [6, 6.07) is -0.149. The van der Waals surface area contributed by atoms with Crippen molar-refractivity contribution in [3.63, 3.8) is 0 Å². The van der Waals surface area contributed by atoms with Crippen molar-refractivity contribution in [1.29, 1.82) is 0 Å². The number of thioether (sulfide) groups is 1. The summed E-state index contributed by atoms with van der Waals surface area (Å²) in [5.74, 6) is 0. The highest BCUT2D eigenvalue weighted by molar-refractivity contribution is 8.17. The predicted molar refractivity (Wildman–Crippen MR) is 87.6 cm³/mol. The molecule has 3 rings (SSSR count). The Labute approximate surface area is 129 Å². The molecule has 2 heterocycles. The molecule has 0 radical (unpaired) electrons. The van der Waals surface area contributed by atoms with Crippen LogP contribution in [-0.2, 0) is 4.84 Å². The molecule has 0 saturated carbocycles. The predicted octanol–water partition coefficient (Wildman–Crippen LogP) is 1.54. The van der Waals surface area contributed by atoms with Crippen molar-refractivity contribution in [3.8, 4) is 0 Å². The van der Waals surface area contributed by atoms with Gasteiger partial charge in [-0.2, -0.15) is 0 Å². The lowest BCUT2D eigenvalue weighted by atomic mass is 9.78. The Hall–Kier alpha value is -1.08. The molecule has 1 spiro atoms. The molecule has 1 aliphatic carbocycles. The van der Waals surface area contributed by atoms with E-state index in [-0.39, 0.29) is 12.1 Å². The topological polar surface area (TPSA) is 76.9 Å². The SMILES string of the molecule is CCCC1=NC23C(=CC=CC2N(OCCN)C=CC3N)S1. The van der Waals surface area contributed by atoms with Gasteiger partial charge >= 0.3 is 0 Å². The van der Waals surface area contributed by atoms with Crippen molar-refractivity contribution in [3.05, 3.63) is 35.4 Å². The van der Waals surface area contributed by atoms with Gasteiger partial charge in [0.05, 0.1) is 17.7 Å². The van der Waals surface area contributed by atoms with Crippen LogP contribution in [0.3, 0.4) is 0 Å². The first kappa shape index (κ1) is 14.8. The van der Waals surface area contributed by atoms with Gasteiger partial charge in [0.25, 0.3) is 0 Å². The highest BCUT2D eigenvalue weighted by atomic mass is 32.2. The summed E-state index contributed by atoms with van der Waals surface area (Å²) >= 11 is 1.76. The molecule has 5 nitrogen and oxygen atoms in total. The highest BCUT2D eigenvalue weighted by Gasteiger charge is 2.54. The number of aliphatic imine (C=N–C) groups is 1. The lowest BCUT2D eigenvalue weighted by Gasteiger charge is -2.46. The fourth-order valence-corrected chi connectivity index (χ4v) is 4.37. The molecule has 3 unspecified atom stereocenters. The van der Waals surface area contributed by atoms with E-state index in [2.05, 4.69) is 25.2 Å². The van der Waals surface area contributed by atoms with Crippen molar-refractivity contribution >= 4 is 16.8 Å². The molecule has 114 valence electrons. The zero-order chi connectivity index (χ0) is 14.9. The molecular weight excluding hydrogens is 284 g/mol. The van der Waals surface area contributed by atoms with Crippen LogP contribution in [0.5, 0.6) is 0 Å². The Morgan fingerprint density at radius 1 is 1.48 bits per heavy atom. The van der Waals surface area contributed by atoms with Crippen LogP contribution >= 0.6 is 11.8 Å². The van der Waals surface area contributed by atoms with Gasteiger partial charge in [0, 0.05) is 17.6 Å². The third kappa shape index (κ3) is 2.36. The second-order valence-corrected chi connectivity index (χ2v) is 6.51. The smallest absolute Gasteiger partial charge is 0.138 e. The number of allylic oxidation sites excluding steroid dienone is 2. The van der Waals surface area contributed by atoms with E-state index in [4.69, 9.17) is 21.3 Å². The number of hydrogen-bond donors (Lipinski definition) is 2. The number of nitrogens with zero attached hydrogens (tertiary/aromatic N) is 2. The van der Waals surface area contributed by atoms with Gasteiger partial charge in [-0.1, -0.05) is 37.3 Å². The average molecular weight is 306 g/mol. The number of hydrogen-bond acceptors (Lipinski definition) is 6. The molecule has 6 heteroatoms. The summed E-state index contributed by atoms with van der Waals surface area (Å²) in [4.78, 5) is 12.0. The molecule has 21 heavy (non-hydrogen) atoms. The molecule has 0 fully saturated rings. The van der Waals surface area contributed by atoms with Gasteiger partial charge in [-0.25, -0.2) is 0 Å². The third-order valence-electron chi connectivity index (χ3n) is 3.97. The first-order valence-electron chi connectivity index (χ1n) is 7.43. The van der Waals surface area contributed by atoms with Gasteiger partial charge in [-0.15, -0.1) is 0 Å². The molecule has 3 atom stereocenters. The van der Waals surface area contributed by atoms with Crippen LogP contribution in [0.1, 0.15) is 19.8 Å². The average Bonchev–Trinajstić information content (AvgIpc) is 2.86. The molecule has 0 aromatic rings. The Morgan fingerprint density at radius 3 is 3.10 bits per heavy atom. The Kier molecular flexibility index (Phi) is 4.21. The maximum atomic E-state index is 6.43. The second-order valence-electron chi connectivity index (χ2n) is 5.39. The van der Waals surface area contributed by atoms with E-state index in [1.54, 1.807) is 11.8 Å². The van der Waals surface area contributed by atoms with Crippen molar-refractivity contribution in [2.24, 2.45) is 16.5 Å². The van der Waals surface area contributed by atoms with Gasteiger partial charge in [0.15, 0.2) is 0 Å². The van der Waals surface area contributed by atoms with E-state index in [9.17, 15) is 0 Å². The Bertz CT molecular complexity index is 528. The Morgan fingerprint density at radius 2 is 2.33 bits per heavy atom. The minimum Gasteiger partial charge on any atom is -0.328 e. The number of rotatable bonds is 5. The van der Waals surface area contributed by atoms with E-state index in [1.165, 1.54) is 9.95 Å². The van der Waals surface area contributed by atoms with Gasteiger partial charge in [0.2, 0.25) is 0 Å². The van der Waals surface area contributed by atoms with Crippen LogP contribution in [-0.4, -0.2) is 40.9 Å². The summed E-state index contributed by atoms with van der Waals surface area (Å²) < 4.78 is 0. The van der Waals surface area contributed by atoms with Crippen LogP contribution in [0.15, 0.2) is 40.4 Å². The monoisotopic (exact) mass is 306 g/mol. The van der Waals surface area contributed by atoms with Crippen LogP contribution < -0.4 is 11.5 Å². The van der Waals surface area contributed by atoms with E-state index in [0.717, 1.165) is 12.8 Å². The summed E-state index contributed by atoms with van der Waals surface area (Å²) in [7, 11) is 0. The summed E-state index contributed by atoms with van der Waals surface area (Å²) in [5.41, 5.74) is 11.5. The van der Waals surface area contributed by atoms with Crippen molar-refractivity contribution in [2.45, 2.75) is 37.4 Å². The molecule has 0 saturated heterocycles. The van der Waals surface area contributed by atoms with Gasteiger partial charge in [-0.3, -0.25) is 14.9 Å². The zero-order valence-corrected chi connectivity index (χ0v) is 13.1. The van der Waals surface area contributed by atoms with Crippen LogP contribution in [0.25, 0.3) is 0 Å². The fraction of sp³-hybridized carbons (Fsp3) is 0.533. The molecule has 4 N–H and O–H groups in total. The van der Waals surface area contributed by atoms with Crippen molar-refractivity contribution < 1.29 is 4.84 Å². The van der Waals surface area contributed by atoms with Crippen LogP contribution in [0, 0.1) is 0 Å². The highest BCUT2D eigenvalue weighted by Crippen LogP contribution is 2.49. The quantitative estimate of drug-likeness (QED) is 0.805. The first-order chi connectivity index (χ1) is 10.2. The van der Waals surface area contributed by atoms with Crippen LogP contribution in [0.4, 0.5) is 0 Å². The van der Waals surface area contributed by atoms with E-state index in [1.807, 2.05) is 17.3 Å². The maximum absolute atomic E-state index is 6.43. The van der Waals surface area contributed by atoms with Crippen LogP contribution in [0.2, 0.25) is 0 Å². The molecule has 0 aromatic carbocycles. The van der Waals surface area contributed by atoms with Gasteiger partial charge in [-0.05, 0) is 18.6 Å². The third-order valence-corrected chi connectivity index (χ3v) is 5.18. The molecule has 0 bridgehead atoms. The summed E-state index contributed by atoms with van der Waals surface area (Å²) in [6.45, 7) is 3.14. The molecule has 0 amide bonds. The van der Waals surface area contributed by atoms with Crippen molar-refractivity contribution in [1.82, 2.24) is 5.06 Å². The van der Waals surface area contributed by atoms with E-state index < -0.39 is 5.54 Å². The van der Waals surface area contributed by atoms with Gasteiger partial charge < -0.3 is 11.5 Å².